The molecular formula is C12H26N2O2S. The molecule has 0 bridgehead atoms. The Kier molecular flexibility index (Phi) is 7.27. The van der Waals surface area contributed by atoms with Crippen LogP contribution in [-0.4, -0.2) is 64.5 Å². The third-order valence-corrected chi connectivity index (χ3v) is 4.02. The van der Waals surface area contributed by atoms with E-state index in [1.54, 1.807) is 6.26 Å². The highest BCUT2D eigenvalue weighted by Gasteiger charge is 2.15. The maximum absolute atomic E-state index is 10.9. The van der Waals surface area contributed by atoms with E-state index in [4.69, 9.17) is 0 Å². The largest absolute Gasteiger partial charge is 0.390 e. The van der Waals surface area contributed by atoms with Crippen molar-refractivity contribution < 1.29 is 9.32 Å². The van der Waals surface area contributed by atoms with Gasteiger partial charge in [-0.3, -0.25) is 4.21 Å². The summed E-state index contributed by atoms with van der Waals surface area (Å²) in [6.45, 7) is 5.74. The van der Waals surface area contributed by atoms with E-state index in [1.165, 1.54) is 12.8 Å². The normalized spacial score (nSPS) is 22.5. The van der Waals surface area contributed by atoms with Crippen LogP contribution in [-0.2, 0) is 10.8 Å². The van der Waals surface area contributed by atoms with Crippen molar-refractivity contribution in [2.45, 2.75) is 38.3 Å². The van der Waals surface area contributed by atoms with Gasteiger partial charge >= 0.3 is 0 Å². The minimum Gasteiger partial charge on any atom is -0.390 e. The maximum atomic E-state index is 10.9. The van der Waals surface area contributed by atoms with Gasteiger partial charge in [0.2, 0.25) is 0 Å². The predicted octanol–water partition coefficient (Wildman–Crippen LogP) is 0.190. The molecule has 1 rings (SSSR count). The second kappa shape index (κ2) is 8.19. The van der Waals surface area contributed by atoms with Crippen LogP contribution in [0.15, 0.2) is 0 Å². The Morgan fingerprint density at radius 3 is 2.65 bits per heavy atom. The third-order valence-electron chi connectivity index (χ3n) is 3.21. The highest BCUT2D eigenvalue weighted by atomic mass is 32.2. The van der Waals surface area contributed by atoms with E-state index in [0.717, 1.165) is 31.8 Å². The standard InChI is InChI=1S/C12H26N2O2S/c1-11(5-8-17(2)16)13-9-12(15)10-14-6-3-4-7-14/h11-13,15H,3-10H2,1-2H3. The first-order chi connectivity index (χ1) is 8.08. The molecule has 0 radical (unpaired) electrons. The Bertz CT molecular complexity index is 233. The molecule has 4 nitrogen and oxygen atoms in total. The van der Waals surface area contributed by atoms with E-state index in [1.807, 2.05) is 0 Å². The SMILES string of the molecule is CC(CCS(C)=O)NCC(O)CN1CCCC1. The molecule has 1 fully saturated rings. The smallest absolute Gasteiger partial charge is 0.0791 e. The summed E-state index contributed by atoms with van der Waals surface area (Å²) in [6, 6.07) is 0.326. The van der Waals surface area contributed by atoms with Gasteiger partial charge in [-0.05, 0) is 39.3 Å². The van der Waals surface area contributed by atoms with E-state index >= 15 is 0 Å². The quantitative estimate of drug-likeness (QED) is 0.656. The molecule has 17 heavy (non-hydrogen) atoms. The summed E-state index contributed by atoms with van der Waals surface area (Å²) in [6.07, 6.45) is 4.87. The van der Waals surface area contributed by atoms with Crippen molar-refractivity contribution in [1.29, 1.82) is 0 Å². The van der Waals surface area contributed by atoms with Crippen molar-refractivity contribution in [2.24, 2.45) is 0 Å². The van der Waals surface area contributed by atoms with Gasteiger partial charge in [-0.1, -0.05) is 0 Å². The zero-order valence-corrected chi connectivity index (χ0v) is 11.8. The summed E-state index contributed by atoms with van der Waals surface area (Å²) in [5, 5.41) is 13.2. The van der Waals surface area contributed by atoms with Crippen LogP contribution in [0.4, 0.5) is 0 Å². The summed E-state index contributed by atoms with van der Waals surface area (Å²) in [5.41, 5.74) is 0. The highest BCUT2D eigenvalue weighted by Crippen LogP contribution is 2.07. The number of nitrogens with one attached hydrogen (secondary N) is 1. The Labute approximate surface area is 107 Å². The molecule has 1 heterocycles. The third kappa shape index (κ3) is 7.13. The number of hydrogen-bond acceptors (Lipinski definition) is 4. The number of aliphatic hydroxyl groups is 1. The lowest BCUT2D eigenvalue weighted by Gasteiger charge is -2.21. The summed E-state index contributed by atoms with van der Waals surface area (Å²) in [7, 11) is -0.715. The summed E-state index contributed by atoms with van der Waals surface area (Å²) in [5.74, 6) is 0.733. The zero-order chi connectivity index (χ0) is 12.7. The van der Waals surface area contributed by atoms with Gasteiger partial charge in [0, 0.05) is 41.9 Å². The lowest BCUT2D eigenvalue weighted by Crippen LogP contribution is -2.40. The average Bonchev–Trinajstić information content (AvgIpc) is 2.76. The van der Waals surface area contributed by atoms with E-state index in [2.05, 4.69) is 17.1 Å². The van der Waals surface area contributed by atoms with Gasteiger partial charge < -0.3 is 15.3 Å². The molecule has 102 valence electrons. The molecular weight excluding hydrogens is 236 g/mol. The summed E-state index contributed by atoms with van der Waals surface area (Å²) in [4.78, 5) is 2.32. The molecule has 3 atom stereocenters. The Morgan fingerprint density at radius 1 is 1.41 bits per heavy atom. The van der Waals surface area contributed by atoms with Crippen molar-refractivity contribution in [2.75, 3.05) is 38.2 Å². The van der Waals surface area contributed by atoms with Crippen molar-refractivity contribution in [1.82, 2.24) is 10.2 Å². The van der Waals surface area contributed by atoms with Gasteiger partial charge in [-0.15, -0.1) is 0 Å². The number of hydrogen-bond donors (Lipinski definition) is 2. The van der Waals surface area contributed by atoms with Crippen LogP contribution >= 0.6 is 0 Å². The van der Waals surface area contributed by atoms with Crippen molar-refractivity contribution in [3.63, 3.8) is 0 Å². The molecule has 0 aliphatic carbocycles. The first kappa shape index (κ1) is 15.1. The number of aliphatic hydroxyl groups excluding tert-OH is 1. The highest BCUT2D eigenvalue weighted by molar-refractivity contribution is 7.84. The van der Waals surface area contributed by atoms with E-state index in [9.17, 15) is 9.32 Å². The topological polar surface area (TPSA) is 52.6 Å². The van der Waals surface area contributed by atoms with Crippen LogP contribution < -0.4 is 5.32 Å². The fourth-order valence-electron chi connectivity index (χ4n) is 2.11. The van der Waals surface area contributed by atoms with Gasteiger partial charge in [0.1, 0.15) is 0 Å². The summed E-state index contributed by atoms with van der Waals surface area (Å²) >= 11 is 0. The monoisotopic (exact) mass is 262 g/mol. The van der Waals surface area contributed by atoms with E-state index < -0.39 is 10.8 Å². The molecule has 0 amide bonds. The molecule has 1 aliphatic rings. The molecule has 2 N–H and O–H groups in total. The number of nitrogens with zero attached hydrogens (tertiary/aromatic N) is 1. The minimum absolute atomic E-state index is 0.289. The number of rotatable bonds is 8. The first-order valence-electron chi connectivity index (χ1n) is 6.51. The predicted molar refractivity (Wildman–Crippen MR) is 72.7 cm³/mol. The second-order valence-electron chi connectivity index (χ2n) is 5.04. The molecule has 5 heteroatoms. The van der Waals surface area contributed by atoms with Crippen LogP contribution in [0.3, 0.4) is 0 Å². The molecule has 0 aromatic heterocycles. The van der Waals surface area contributed by atoms with Crippen molar-refractivity contribution in [3.8, 4) is 0 Å². The van der Waals surface area contributed by atoms with Gasteiger partial charge in [0.15, 0.2) is 0 Å². The Balaban J connectivity index is 2.05. The molecule has 1 aliphatic heterocycles. The van der Waals surface area contributed by atoms with Crippen LogP contribution in [0.5, 0.6) is 0 Å². The minimum atomic E-state index is -0.715. The molecule has 0 aromatic carbocycles. The Hall–Kier alpha value is 0.0300. The van der Waals surface area contributed by atoms with Crippen LogP contribution in [0.25, 0.3) is 0 Å². The summed E-state index contributed by atoms with van der Waals surface area (Å²) < 4.78 is 10.9. The van der Waals surface area contributed by atoms with Crippen LogP contribution in [0, 0.1) is 0 Å². The first-order valence-corrected chi connectivity index (χ1v) is 8.24. The lowest BCUT2D eigenvalue weighted by molar-refractivity contribution is 0.121. The van der Waals surface area contributed by atoms with Gasteiger partial charge in [-0.2, -0.15) is 0 Å². The lowest BCUT2D eigenvalue weighted by atomic mass is 10.2. The van der Waals surface area contributed by atoms with E-state index in [0.29, 0.717) is 12.6 Å². The van der Waals surface area contributed by atoms with Crippen molar-refractivity contribution in [3.05, 3.63) is 0 Å². The van der Waals surface area contributed by atoms with Gasteiger partial charge in [-0.25, -0.2) is 0 Å². The fourth-order valence-corrected chi connectivity index (χ4v) is 2.80. The van der Waals surface area contributed by atoms with Gasteiger partial charge in [0.05, 0.1) is 6.10 Å². The fraction of sp³-hybridized carbons (Fsp3) is 1.00. The number of β-amino-alcohol motifs (C(OH)–C–C–N with tert-alkyl or cyclic N) is 1. The number of likely N-dealkylation sites (tertiary alicyclic amines) is 1. The molecule has 3 unspecified atom stereocenters. The average molecular weight is 262 g/mol. The van der Waals surface area contributed by atoms with Gasteiger partial charge in [0.25, 0.3) is 0 Å². The molecule has 0 aromatic rings. The molecule has 0 spiro atoms. The van der Waals surface area contributed by atoms with E-state index in [-0.39, 0.29) is 6.10 Å². The molecule has 1 saturated heterocycles. The zero-order valence-electron chi connectivity index (χ0n) is 11.0. The molecule has 0 saturated carbocycles. The maximum Gasteiger partial charge on any atom is 0.0791 e. The van der Waals surface area contributed by atoms with Crippen LogP contribution in [0.2, 0.25) is 0 Å². The Morgan fingerprint density at radius 2 is 2.06 bits per heavy atom. The second-order valence-corrected chi connectivity index (χ2v) is 6.59. The van der Waals surface area contributed by atoms with Crippen LogP contribution in [0.1, 0.15) is 26.2 Å². The van der Waals surface area contributed by atoms with Crippen molar-refractivity contribution >= 4 is 10.8 Å².